The van der Waals surface area contributed by atoms with Gasteiger partial charge < -0.3 is 5.32 Å². The van der Waals surface area contributed by atoms with Crippen LogP contribution in [0.15, 0.2) is 54.6 Å². The summed E-state index contributed by atoms with van der Waals surface area (Å²) in [7, 11) is 0. The molecule has 6 heteroatoms. The molecular weight excluding hydrogens is 322 g/mol. The number of hydrogen-bond donors (Lipinski definition) is 2. The number of H-pyrrole nitrogens is 1. The molecule has 2 N–H and O–H groups in total. The standard InChI is InChI=1S/C18H14ClN5/c1-11-9-16(24-23-11)21-18-14-8-7-13(19)10-15(14)20-17(22-18)12-5-3-2-4-6-12/h2-10H,1H3,(H2,20,21,22,23,24). The molecule has 0 radical (unpaired) electrons. The summed E-state index contributed by atoms with van der Waals surface area (Å²) in [4.78, 5) is 9.34. The first-order valence-electron chi connectivity index (χ1n) is 7.51. The number of aryl methyl sites for hydroxylation is 1. The summed E-state index contributed by atoms with van der Waals surface area (Å²) in [6.45, 7) is 1.95. The molecule has 2 aromatic carbocycles. The highest BCUT2D eigenvalue weighted by atomic mass is 35.5. The van der Waals surface area contributed by atoms with E-state index in [1.54, 1.807) is 0 Å². The second kappa shape index (κ2) is 5.94. The third-order valence-electron chi connectivity index (χ3n) is 3.64. The molecule has 0 amide bonds. The summed E-state index contributed by atoms with van der Waals surface area (Å²) in [6.07, 6.45) is 0. The van der Waals surface area contributed by atoms with Crippen LogP contribution in [0.5, 0.6) is 0 Å². The van der Waals surface area contributed by atoms with Gasteiger partial charge in [-0.2, -0.15) is 5.10 Å². The third kappa shape index (κ3) is 2.81. The Hall–Kier alpha value is -2.92. The number of anilines is 2. The van der Waals surface area contributed by atoms with Gasteiger partial charge in [-0.15, -0.1) is 0 Å². The fourth-order valence-electron chi connectivity index (χ4n) is 2.52. The molecule has 0 aliphatic rings. The van der Waals surface area contributed by atoms with Crippen LogP contribution in [0, 0.1) is 6.92 Å². The summed E-state index contributed by atoms with van der Waals surface area (Å²) in [6, 6.07) is 17.4. The number of halogens is 1. The summed E-state index contributed by atoms with van der Waals surface area (Å²) >= 11 is 6.13. The fourth-order valence-corrected chi connectivity index (χ4v) is 2.68. The van der Waals surface area contributed by atoms with E-state index in [0.717, 1.165) is 22.2 Å². The Morgan fingerprint density at radius 1 is 1.00 bits per heavy atom. The van der Waals surface area contributed by atoms with Crippen LogP contribution in [0.25, 0.3) is 22.3 Å². The van der Waals surface area contributed by atoms with Crippen LogP contribution >= 0.6 is 11.6 Å². The van der Waals surface area contributed by atoms with E-state index in [9.17, 15) is 0 Å². The van der Waals surface area contributed by atoms with Crippen LogP contribution in [0.1, 0.15) is 5.69 Å². The molecule has 0 spiro atoms. The highest BCUT2D eigenvalue weighted by Crippen LogP contribution is 2.28. The van der Waals surface area contributed by atoms with Gasteiger partial charge in [0, 0.05) is 27.7 Å². The number of benzene rings is 2. The molecule has 24 heavy (non-hydrogen) atoms. The Labute approximate surface area is 143 Å². The number of aromatic amines is 1. The van der Waals surface area contributed by atoms with E-state index in [0.29, 0.717) is 22.5 Å². The average Bonchev–Trinajstić information content (AvgIpc) is 3.00. The van der Waals surface area contributed by atoms with Gasteiger partial charge in [0.25, 0.3) is 0 Å². The lowest BCUT2D eigenvalue weighted by molar-refractivity contribution is 1.05. The van der Waals surface area contributed by atoms with E-state index in [-0.39, 0.29) is 0 Å². The maximum Gasteiger partial charge on any atom is 0.162 e. The topological polar surface area (TPSA) is 66.5 Å². The summed E-state index contributed by atoms with van der Waals surface area (Å²) in [5, 5.41) is 11.9. The van der Waals surface area contributed by atoms with Gasteiger partial charge in [-0.1, -0.05) is 41.9 Å². The predicted octanol–water partition coefficient (Wildman–Crippen LogP) is 4.73. The molecule has 0 fully saturated rings. The predicted molar refractivity (Wildman–Crippen MR) is 96.6 cm³/mol. The Balaban J connectivity index is 1.89. The number of nitrogens with zero attached hydrogens (tertiary/aromatic N) is 3. The van der Waals surface area contributed by atoms with Crippen molar-refractivity contribution in [3.63, 3.8) is 0 Å². The lowest BCUT2D eigenvalue weighted by Gasteiger charge is -2.09. The molecule has 0 saturated heterocycles. The quantitative estimate of drug-likeness (QED) is 0.568. The SMILES string of the molecule is Cc1cc(Nc2nc(-c3ccccc3)nc3cc(Cl)ccc23)n[nH]1. The van der Waals surface area contributed by atoms with E-state index in [1.807, 2.05) is 61.5 Å². The van der Waals surface area contributed by atoms with Crippen molar-refractivity contribution in [2.45, 2.75) is 6.92 Å². The van der Waals surface area contributed by atoms with Gasteiger partial charge in [-0.3, -0.25) is 5.10 Å². The zero-order valence-electron chi connectivity index (χ0n) is 12.9. The monoisotopic (exact) mass is 335 g/mol. The van der Waals surface area contributed by atoms with Gasteiger partial charge in [-0.25, -0.2) is 9.97 Å². The number of rotatable bonds is 3. The maximum absolute atomic E-state index is 6.13. The Bertz CT molecular complexity index is 1010. The van der Waals surface area contributed by atoms with E-state index >= 15 is 0 Å². The van der Waals surface area contributed by atoms with Crippen LogP contribution in [0.3, 0.4) is 0 Å². The first-order chi connectivity index (χ1) is 11.7. The van der Waals surface area contributed by atoms with Crippen molar-refractivity contribution < 1.29 is 0 Å². The lowest BCUT2D eigenvalue weighted by Crippen LogP contribution is -1.99. The van der Waals surface area contributed by atoms with Gasteiger partial charge >= 0.3 is 0 Å². The van der Waals surface area contributed by atoms with Crippen LogP contribution in [-0.2, 0) is 0 Å². The molecule has 0 aliphatic heterocycles. The van der Waals surface area contributed by atoms with E-state index < -0.39 is 0 Å². The molecule has 4 rings (SSSR count). The molecule has 2 aromatic heterocycles. The minimum Gasteiger partial charge on any atom is -0.323 e. The maximum atomic E-state index is 6.13. The molecule has 5 nitrogen and oxygen atoms in total. The molecule has 4 aromatic rings. The second-order valence-electron chi connectivity index (χ2n) is 5.48. The minimum atomic E-state index is 0.639. The average molecular weight is 336 g/mol. The van der Waals surface area contributed by atoms with Crippen molar-refractivity contribution in [2.75, 3.05) is 5.32 Å². The summed E-state index contributed by atoms with van der Waals surface area (Å²) in [5.74, 6) is 2.05. The number of hydrogen-bond acceptors (Lipinski definition) is 4. The van der Waals surface area contributed by atoms with Crippen molar-refractivity contribution in [2.24, 2.45) is 0 Å². The second-order valence-corrected chi connectivity index (χ2v) is 5.92. The van der Waals surface area contributed by atoms with E-state index in [4.69, 9.17) is 11.6 Å². The molecule has 2 heterocycles. The Kier molecular flexibility index (Phi) is 3.63. The van der Waals surface area contributed by atoms with E-state index in [2.05, 4.69) is 25.5 Å². The Morgan fingerprint density at radius 3 is 2.58 bits per heavy atom. The number of fused-ring (bicyclic) bond motifs is 1. The molecular formula is C18H14ClN5. The van der Waals surface area contributed by atoms with Crippen LogP contribution < -0.4 is 5.32 Å². The molecule has 0 aliphatic carbocycles. The first-order valence-corrected chi connectivity index (χ1v) is 7.88. The van der Waals surface area contributed by atoms with E-state index in [1.165, 1.54) is 0 Å². The Morgan fingerprint density at radius 2 is 1.83 bits per heavy atom. The zero-order chi connectivity index (χ0) is 16.5. The van der Waals surface area contributed by atoms with Gasteiger partial charge in [0.1, 0.15) is 5.82 Å². The van der Waals surface area contributed by atoms with Crippen LogP contribution in [-0.4, -0.2) is 20.2 Å². The van der Waals surface area contributed by atoms with Gasteiger partial charge in [0.15, 0.2) is 11.6 Å². The smallest absolute Gasteiger partial charge is 0.162 e. The normalized spacial score (nSPS) is 10.9. The van der Waals surface area contributed by atoms with Gasteiger partial charge in [-0.05, 0) is 25.1 Å². The van der Waals surface area contributed by atoms with Gasteiger partial charge in [0.05, 0.1) is 5.52 Å². The zero-order valence-corrected chi connectivity index (χ0v) is 13.7. The highest BCUT2D eigenvalue weighted by Gasteiger charge is 2.11. The van der Waals surface area contributed by atoms with Crippen LogP contribution in [0.4, 0.5) is 11.6 Å². The molecule has 0 bridgehead atoms. The molecule has 118 valence electrons. The number of aromatic nitrogens is 4. The first kappa shape index (κ1) is 14.7. The molecule has 0 saturated carbocycles. The highest BCUT2D eigenvalue weighted by molar-refractivity contribution is 6.31. The van der Waals surface area contributed by atoms with Crippen molar-refractivity contribution in [3.05, 3.63) is 65.3 Å². The summed E-state index contributed by atoms with van der Waals surface area (Å²) in [5.41, 5.74) is 2.70. The largest absolute Gasteiger partial charge is 0.323 e. The van der Waals surface area contributed by atoms with Gasteiger partial charge in [0.2, 0.25) is 0 Å². The number of nitrogens with one attached hydrogen (secondary N) is 2. The lowest BCUT2D eigenvalue weighted by atomic mass is 10.2. The molecule has 0 unspecified atom stereocenters. The van der Waals surface area contributed by atoms with Crippen molar-refractivity contribution >= 4 is 34.1 Å². The van der Waals surface area contributed by atoms with Crippen molar-refractivity contribution in [3.8, 4) is 11.4 Å². The third-order valence-corrected chi connectivity index (χ3v) is 3.88. The molecule has 0 atom stereocenters. The fraction of sp³-hybridized carbons (Fsp3) is 0.0556. The van der Waals surface area contributed by atoms with Crippen LogP contribution in [0.2, 0.25) is 5.02 Å². The van der Waals surface area contributed by atoms with Crippen molar-refractivity contribution in [1.29, 1.82) is 0 Å². The minimum absolute atomic E-state index is 0.639. The summed E-state index contributed by atoms with van der Waals surface area (Å²) < 4.78 is 0. The van der Waals surface area contributed by atoms with Crippen molar-refractivity contribution in [1.82, 2.24) is 20.2 Å².